The molecular formula is C20H24ClN3O. The molecule has 3 N–H and O–H groups in total. The van der Waals surface area contributed by atoms with Gasteiger partial charge in [0.05, 0.1) is 10.7 Å². The van der Waals surface area contributed by atoms with Crippen LogP contribution in [0.15, 0.2) is 23.9 Å². The number of carbonyl (C=O) groups excluding carboxylic acids is 1. The van der Waals surface area contributed by atoms with Gasteiger partial charge in [0.15, 0.2) is 0 Å². The summed E-state index contributed by atoms with van der Waals surface area (Å²) in [5.41, 5.74) is 5.25. The minimum atomic E-state index is -0.332. The number of allylic oxidation sites excluding steroid dienone is 1. The molecular weight excluding hydrogens is 334 g/mol. The molecule has 2 heterocycles. The molecule has 0 radical (unpaired) electrons. The highest BCUT2D eigenvalue weighted by molar-refractivity contribution is 6.34. The molecule has 5 heteroatoms. The molecule has 25 heavy (non-hydrogen) atoms. The van der Waals surface area contributed by atoms with Crippen molar-refractivity contribution in [1.82, 2.24) is 10.6 Å². The topological polar surface area (TPSA) is 53.2 Å². The van der Waals surface area contributed by atoms with E-state index in [-0.39, 0.29) is 11.3 Å². The highest BCUT2D eigenvalue weighted by Gasteiger charge is 2.35. The van der Waals surface area contributed by atoms with Crippen molar-refractivity contribution < 1.29 is 4.79 Å². The zero-order valence-electron chi connectivity index (χ0n) is 14.5. The van der Waals surface area contributed by atoms with Crippen LogP contribution in [0.1, 0.15) is 50.2 Å². The molecule has 0 unspecified atom stereocenters. The van der Waals surface area contributed by atoms with Gasteiger partial charge in [0.2, 0.25) is 5.91 Å². The second kappa shape index (κ2) is 6.50. The molecule has 0 aromatic heterocycles. The van der Waals surface area contributed by atoms with Crippen LogP contribution < -0.4 is 16.0 Å². The molecule has 1 aromatic rings. The lowest BCUT2D eigenvalue weighted by molar-refractivity contribution is -0.126. The molecule has 2 aliphatic heterocycles. The maximum absolute atomic E-state index is 12.8. The SMILES string of the molecule is CC1(C(=O)Nc2cc3c(cc2Cl)C(=C2CCC2)NC=C3)CCNCC1. The Morgan fingerprint density at radius 2 is 2.00 bits per heavy atom. The first-order valence-electron chi connectivity index (χ1n) is 9.08. The zero-order valence-corrected chi connectivity index (χ0v) is 15.3. The summed E-state index contributed by atoms with van der Waals surface area (Å²) in [5.74, 6) is 0.0614. The van der Waals surface area contributed by atoms with Gasteiger partial charge in [0.25, 0.3) is 0 Å². The van der Waals surface area contributed by atoms with Gasteiger partial charge < -0.3 is 16.0 Å². The van der Waals surface area contributed by atoms with Gasteiger partial charge in [0, 0.05) is 22.9 Å². The minimum Gasteiger partial charge on any atom is -0.361 e. The predicted molar refractivity (Wildman–Crippen MR) is 103 cm³/mol. The number of hydrogen-bond acceptors (Lipinski definition) is 3. The Balaban J connectivity index is 1.62. The lowest BCUT2D eigenvalue weighted by Crippen LogP contribution is -2.42. The summed E-state index contributed by atoms with van der Waals surface area (Å²) in [6, 6.07) is 3.98. The number of fused-ring (bicyclic) bond motifs is 1. The van der Waals surface area contributed by atoms with Gasteiger partial charge in [-0.3, -0.25) is 4.79 Å². The molecule has 1 amide bonds. The summed E-state index contributed by atoms with van der Waals surface area (Å²) in [4.78, 5) is 12.8. The number of halogens is 1. The van der Waals surface area contributed by atoms with Crippen molar-refractivity contribution in [2.75, 3.05) is 18.4 Å². The van der Waals surface area contributed by atoms with E-state index >= 15 is 0 Å². The highest BCUT2D eigenvalue weighted by atomic mass is 35.5. The van der Waals surface area contributed by atoms with Gasteiger partial charge in [-0.15, -0.1) is 0 Å². The first-order valence-corrected chi connectivity index (χ1v) is 9.46. The normalized spacial score (nSPS) is 21.2. The highest BCUT2D eigenvalue weighted by Crippen LogP contribution is 2.39. The standard InChI is InChI=1S/C20H24ClN3O/c1-20(6-9-22-10-7-20)19(25)24-17-11-14-5-8-23-18(13-3-2-4-13)15(14)12-16(17)21/h5,8,11-12,22-23H,2-4,6-7,9-10H2,1H3,(H,24,25). The van der Waals surface area contributed by atoms with Crippen LogP contribution in [-0.4, -0.2) is 19.0 Å². The fourth-order valence-electron chi connectivity index (χ4n) is 3.71. The van der Waals surface area contributed by atoms with E-state index < -0.39 is 0 Å². The van der Waals surface area contributed by atoms with Gasteiger partial charge in [-0.1, -0.05) is 18.5 Å². The quantitative estimate of drug-likeness (QED) is 0.745. The zero-order chi connectivity index (χ0) is 17.4. The predicted octanol–water partition coefficient (Wildman–Crippen LogP) is 4.14. The van der Waals surface area contributed by atoms with Crippen LogP contribution in [0.3, 0.4) is 0 Å². The van der Waals surface area contributed by atoms with Gasteiger partial charge >= 0.3 is 0 Å². The Kier molecular flexibility index (Phi) is 4.34. The van der Waals surface area contributed by atoms with Crippen LogP contribution in [0.2, 0.25) is 5.02 Å². The van der Waals surface area contributed by atoms with Crippen molar-refractivity contribution in [3.05, 3.63) is 40.1 Å². The lowest BCUT2D eigenvalue weighted by atomic mass is 9.80. The molecule has 4 nitrogen and oxygen atoms in total. The molecule has 1 saturated heterocycles. The van der Waals surface area contributed by atoms with Crippen LogP contribution in [0.5, 0.6) is 0 Å². The van der Waals surface area contributed by atoms with E-state index in [4.69, 9.17) is 11.6 Å². The van der Waals surface area contributed by atoms with Crippen LogP contribution in [0.4, 0.5) is 5.69 Å². The van der Waals surface area contributed by atoms with Gasteiger partial charge in [-0.05, 0) is 74.5 Å². The van der Waals surface area contributed by atoms with Gasteiger partial charge in [-0.2, -0.15) is 0 Å². The van der Waals surface area contributed by atoms with Crippen LogP contribution in [0, 0.1) is 5.41 Å². The lowest BCUT2D eigenvalue weighted by Gasteiger charge is -2.33. The summed E-state index contributed by atoms with van der Waals surface area (Å²) in [5, 5.41) is 10.3. The molecule has 1 saturated carbocycles. The average Bonchev–Trinajstić information content (AvgIpc) is 2.55. The Labute approximate surface area is 153 Å². The fourth-order valence-corrected chi connectivity index (χ4v) is 3.92. The Bertz CT molecular complexity index is 769. The van der Waals surface area contributed by atoms with E-state index in [1.165, 1.54) is 17.7 Å². The first kappa shape index (κ1) is 16.7. The van der Waals surface area contributed by atoms with Crippen LogP contribution in [-0.2, 0) is 4.79 Å². The average molecular weight is 358 g/mol. The summed E-state index contributed by atoms with van der Waals surface area (Å²) >= 11 is 6.52. The smallest absolute Gasteiger partial charge is 0.230 e. The second-order valence-electron chi connectivity index (χ2n) is 7.49. The maximum atomic E-state index is 12.8. The largest absolute Gasteiger partial charge is 0.361 e. The van der Waals surface area contributed by atoms with Crippen molar-refractivity contribution >= 4 is 35.0 Å². The number of hydrogen-bond donors (Lipinski definition) is 3. The molecule has 2 fully saturated rings. The summed E-state index contributed by atoms with van der Waals surface area (Å²) in [6.45, 7) is 3.80. The number of rotatable bonds is 2. The monoisotopic (exact) mass is 357 g/mol. The summed E-state index contributed by atoms with van der Waals surface area (Å²) in [6.07, 6.45) is 9.26. The number of anilines is 1. The molecule has 1 aromatic carbocycles. The van der Waals surface area contributed by atoms with Crippen LogP contribution in [0.25, 0.3) is 11.8 Å². The van der Waals surface area contributed by atoms with E-state index in [1.807, 2.05) is 31.3 Å². The molecule has 0 atom stereocenters. The van der Waals surface area contributed by atoms with Crippen molar-refractivity contribution in [1.29, 1.82) is 0 Å². The first-order chi connectivity index (χ1) is 12.1. The van der Waals surface area contributed by atoms with Gasteiger partial charge in [0.1, 0.15) is 0 Å². The van der Waals surface area contributed by atoms with Crippen molar-refractivity contribution in [3.63, 3.8) is 0 Å². The maximum Gasteiger partial charge on any atom is 0.230 e. The third kappa shape index (κ3) is 3.09. The third-order valence-corrected chi connectivity index (χ3v) is 6.03. The van der Waals surface area contributed by atoms with Crippen molar-refractivity contribution in [2.45, 2.75) is 39.0 Å². The summed E-state index contributed by atoms with van der Waals surface area (Å²) in [7, 11) is 0. The Hall–Kier alpha value is -1.78. The van der Waals surface area contributed by atoms with E-state index in [0.717, 1.165) is 49.9 Å². The molecule has 3 aliphatic rings. The van der Waals surface area contributed by atoms with Crippen molar-refractivity contribution in [3.8, 4) is 0 Å². The Morgan fingerprint density at radius 1 is 1.24 bits per heavy atom. The van der Waals surface area contributed by atoms with Gasteiger partial charge in [-0.25, -0.2) is 0 Å². The minimum absolute atomic E-state index is 0.0614. The van der Waals surface area contributed by atoms with Crippen LogP contribution >= 0.6 is 11.6 Å². The molecule has 1 aliphatic carbocycles. The summed E-state index contributed by atoms with van der Waals surface area (Å²) < 4.78 is 0. The third-order valence-electron chi connectivity index (χ3n) is 5.71. The number of nitrogens with one attached hydrogen (secondary N) is 3. The molecule has 0 spiro atoms. The van der Waals surface area contributed by atoms with E-state index in [9.17, 15) is 4.79 Å². The number of carbonyl (C=O) groups is 1. The number of amides is 1. The Morgan fingerprint density at radius 3 is 2.68 bits per heavy atom. The number of benzene rings is 1. The fraction of sp³-hybridized carbons (Fsp3) is 0.450. The second-order valence-corrected chi connectivity index (χ2v) is 7.90. The molecule has 4 rings (SSSR count). The molecule has 0 bridgehead atoms. The van der Waals surface area contributed by atoms with E-state index in [2.05, 4.69) is 16.0 Å². The number of piperidine rings is 1. The molecule has 132 valence electrons. The van der Waals surface area contributed by atoms with E-state index in [1.54, 1.807) is 0 Å². The van der Waals surface area contributed by atoms with Crippen molar-refractivity contribution in [2.24, 2.45) is 5.41 Å². The van der Waals surface area contributed by atoms with E-state index in [0.29, 0.717) is 10.7 Å².